The van der Waals surface area contributed by atoms with Crippen LogP contribution in [0.15, 0.2) is 42.6 Å². The maximum absolute atomic E-state index is 11.9. The van der Waals surface area contributed by atoms with Gasteiger partial charge in [0, 0.05) is 11.8 Å². The first-order chi connectivity index (χ1) is 8.58. The van der Waals surface area contributed by atoms with Crippen molar-refractivity contribution in [2.45, 2.75) is 6.92 Å². The van der Waals surface area contributed by atoms with Gasteiger partial charge >= 0.3 is 0 Å². The highest BCUT2D eigenvalue weighted by molar-refractivity contribution is 6.01. The Morgan fingerprint density at radius 3 is 2.44 bits per heavy atom. The van der Waals surface area contributed by atoms with Gasteiger partial charge in [0.1, 0.15) is 5.69 Å². The highest BCUT2D eigenvalue weighted by atomic mass is 16.2. The lowest BCUT2D eigenvalue weighted by atomic mass is 10.1. The van der Waals surface area contributed by atoms with Gasteiger partial charge in [0.2, 0.25) is 0 Å². The third kappa shape index (κ3) is 2.40. The monoisotopic (exact) mass is 243 g/mol. The van der Waals surface area contributed by atoms with Crippen molar-refractivity contribution in [3.63, 3.8) is 0 Å². The maximum Gasteiger partial charge on any atom is 0.270 e. The van der Waals surface area contributed by atoms with Gasteiger partial charge in [-0.05, 0) is 31.2 Å². The molecule has 0 spiro atoms. The first-order valence-electron chi connectivity index (χ1n) is 5.43. The summed E-state index contributed by atoms with van der Waals surface area (Å²) in [5, 5.41) is 0. The van der Waals surface area contributed by atoms with E-state index in [0.29, 0.717) is 5.56 Å². The topological polar surface area (TPSA) is 77.1 Å². The number of primary amides is 1. The Hall–Kier alpha value is -2.56. The fraction of sp³-hybridized carbons (Fsp3) is 0.0769. The van der Waals surface area contributed by atoms with Crippen LogP contribution in [0.3, 0.4) is 0 Å². The van der Waals surface area contributed by atoms with Gasteiger partial charge in [-0.25, -0.2) is 0 Å². The van der Waals surface area contributed by atoms with Gasteiger partial charge in [0.25, 0.3) is 11.8 Å². The molecule has 0 radical (unpaired) electrons. The predicted octanol–water partition coefficient (Wildman–Crippen LogP) is 1.28. The Kier molecular flexibility index (Phi) is 3.14. The fourth-order valence-corrected chi connectivity index (χ4v) is 1.56. The summed E-state index contributed by atoms with van der Waals surface area (Å²) in [5.74, 6) is -0.891. The van der Waals surface area contributed by atoms with E-state index in [0.717, 1.165) is 5.56 Å². The summed E-state index contributed by atoms with van der Waals surface area (Å²) in [4.78, 5) is 23.0. The van der Waals surface area contributed by atoms with Crippen molar-refractivity contribution in [1.29, 1.82) is 0 Å². The molecule has 18 heavy (non-hydrogen) atoms. The number of nitrogens with one attached hydrogen (secondary N) is 1. The molecule has 3 N–H and O–H groups in total. The molecule has 5 heteroatoms. The van der Waals surface area contributed by atoms with E-state index in [1.807, 2.05) is 19.1 Å². The lowest BCUT2D eigenvalue weighted by Gasteiger charge is -2.09. The number of nitrogens with two attached hydrogens (primary N) is 1. The molecule has 1 heterocycles. The van der Waals surface area contributed by atoms with Gasteiger partial charge in [-0.1, -0.05) is 17.7 Å². The average Bonchev–Trinajstić information content (AvgIpc) is 2.78. The largest absolute Gasteiger partial charge is 0.364 e. The molecule has 2 amide bonds. The minimum absolute atomic E-state index is 0.232. The van der Waals surface area contributed by atoms with Crippen LogP contribution in [-0.2, 0) is 0 Å². The van der Waals surface area contributed by atoms with Crippen LogP contribution in [0.2, 0.25) is 0 Å². The Labute approximate surface area is 104 Å². The lowest BCUT2D eigenvalue weighted by molar-refractivity contribution is 0.0988. The summed E-state index contributed by atoms with van der Waals surface area (Å²) in [6.07, 6.45) is 1.56. The van der Waals surface area contributed by atoms with E-state index < -0.39 is 5.91 Å². The van der Waals surface area contributed by atoms with Crippen LogP contribution in [0.5, 0.6) is 0 Å². The normalized spacial score (nSPS) is 10.1. The van der Waals surface area contributed by atoms with Gasteiger partial charge in [-0.3, -0.25) is 19.7 Å². The van der Waals surface area contributed by atoms with E-state index in [2.05, 4.69) is 5.43 Å². The van der Waals surface area contributed by atoms with Crippen LogP contribution < -0.4 is 11.2 Å². The van der Waals surface area contributed by atoms with Crippen molar-refractivity contribution >= 4 is 11.8 Å². The van der Waals surface area contributed by atoms with Gasteiger partial charge in [0.05, 0.1) is 0 Å². The van der Waals surface area contributed by atoms with E-state index >= 15 is 0 Å². The van der Waals surface area contributed by atoms with E-state index in [4.69, 9.17) is 5.73 Å². The molecule has 0 aliphatic heterocycles. The highest BCUT2D eigenvalue weighted by Gasteiger charge is 2.10. The number of nitrogens with zero attached hydrogens (tertiary/aromatic N) is 1. The standard InChI is InChI=1S/C13H13N3O2/c1-9-4-6-10(7-5-9)13(18)15-16-8-2-3-11(16)12(14)17/h2-8H,1H3,(H2,14,17)(H,15,18). The molecule has 92 valence electrons. The molecule has 2 aromatic rings. The first-order valence-corrected chi connectivity index (χ1v) is 5.43. The molecule has 0 fully saturated rings. The number of carbonyl (C=O) groups excluding carboxylic acids is 2. The van der Waals surface area contributed by atoms with Crippen LogP contribution >= 0.6 is 0 Å². The molecular weight excluding hydrogens is 230 g/mol. The number of benzene rings is 1. The SMILES string of the molecule is Cc1ccc(C(=O)Nn2cccc2C(N)=O)cc1. The zero-order chi connectivity index (χ0) is 13.1. The predicted molar refractivity (Wildman–Crippen MR) is 67.8 cm³/mol. The molecule has 2 rings (SSSR count). The summed E-state index contributed by atoms with van der Waals surface area (Å²) in [7, 11) is 0. The van der Waals surface area contributed by atoms with Crippen LogP contribution in [0, 0.1) is 6.92 Å². The second-order valence-electron chi connectivity index (χ2n) is 3.93. The van der Waals surface area contributed by atoms with Crippen molar-refractivity contribution in [3.05, 3.63) is 59.4 Å². The summed E-state index contributed by atoms with van der Waals surface area (Å²) >= 11 is 0. The number of amides is 2. The van der Waals surface area contributed by atoms with E-state index in [-0.39, 0.29) is 11.6 Å². The highest BCUT2D eigenvalue weighted by Crippen LogP contribution is 2.05. The number of carbonyl (C=O) groups is 2. The quantitative estimate of drug-likeness (QED) is 0.851. The molecule has 1 aromatic heterocycles. The number of rotatable bonds is 3. The van der Waals surface area contributed by atoms with Crippen LogP contribution in [0.1, 0.15) is 26.4 Å². The van der Waals surface area contributed by atoms with Crippen LogP contribution in [-0.4, -0.2) is 16.5 Å². The van der Waals surface area contributed by atoms with Gasteiger partial charge in [-0.15, -0.1) is 0 Å². The summed E-state index contributed by atoms with van der Waals surface area (Å²) in [6.45, 7) is 1.94. The van der Waals surface area contributed by atoms with Crippen molar-refractivity contribution in [1.82, 2.24) is 4.68 Å². The van der Waals surface area contributed by atoms with E-state index in [1.165, 1.54) is 10.7 Å². The zero-order valence-corrected chi connectivity index (χ0v) is 9.88. The second kappa shape index (κ2) is 4.75. The van der Waals surface area contributed by atoms with Gasteiger partial charge in [0.15, 0.2) is 0 Å². The summed E-state index contributed by atoms with van der Waals surface area (Å²) < 4.78 is 1.31. The van der Waals surface area contributed by atoms with Crippen molar-refractivity contribution in [3.8, 4) is 0 Å². The number of aryl methyl sites for hydroxylation is 1. The lowest BCUT2D eigenvalue weighted by Crippen LogP contribution is -2.27. The fourth-order valence-electron chi connectivity index (χ4n) is 1.56. The Morgan fingerprint density at radius 1 is 1.17 bits per heavy atom. The Balaban J connectivity index is 2.19. The molecule has 1 aromatic carbocycles. The zero-order valence-electron chi connectivity index (χ0n) is 9.88. The molecule has 0 atom stereocenters. The number of hydrogen-bond acceptors (Lipinski definition) is 2. The third-order valence-electron chi connectivity index (χ3n) is 2.54. The average molecular weight is 243 g/mol. The summed E-state index contributed by atoms with van der Waals surface area (Å²) in [6, 6.07) is 10.3. The minimum atomic E-state index is -0.593. The minimum Gasteiger partial charge on any atom is -0.364 e. The van der Waals surface area contributed by atoms with E-state index in [9.17, 15) is 9.59 Å². The smallest absolute Gasteiger partial charge is 0.270 e. The molecule has 0 unspecified atom stereocenters. The molecule has 0 aliphatic carbocycles. The van der Waals surface area contributed by atoms with Crippen molar-refractivity contribution in [2.24, 2.45) is 5.73 Å². The molecule has 0 bridgehead atoms. The van der Waals surface area contributed by atoms with Crippen molar-refractivity contribution in [2.75, 3.05) is 5.43 Å². The molecular formula is C13H13N3O2. The Morgan fingerprint density at radius 2 is 1.83 bits per heavy atom. The van der Waals surface area contributed by atoms with Crippen LogP contribution in [0.4, 0.5) is 0 Å². The van der Waals surface area contributed by atoms with E-state index in [1.54, 1.807) is 24.4 Å². The van der Waals surface area contributed by atoms with Crippen LogP contribution in [0.25, 0.3) is 0 Å². The third-order valence-corrected chi connectivity index (χ3v) is 2.54. The number of aromatic nitrogens is 1. The molecule has 0 saturated heterocycles. The van der Waals surface area contributed by atoms with Crippen molar-refractivity contribution < 1.29 is 9.59 Å². The van der Waals surface area contributed by atoms with Gasteiger partial charge in [-0.2, -0.15) is 0 Å². The molecule has 0 saturated carbocycles. The number of hydrogen-bond donors (Lipinski definition) is 2. The second-order valence-corrected chi connectivity index (χ2v) is 3.93. The molecule has 5 nitrogen and oxygen atoms in total. The maximum atomic E-state index is 11.9. The Bertz CT molecular complexity index is 585. The first kappa shape index (κ1) is 11.9. The van der Waals surface area contributed by atoms with Gasteiger partial charge < -0.3 is 5.73 Å². The summed E-state index contributed by atoms with van der Waals surface area (Å²) in [5.41, 5.74) is 9.59. The molecule has 0 aliphatic rings.